The van der Waals surface area contributed by atoms with E-state index in [0.717, 1.165) is 6.42 Å². The fourth-order valence-corrected chi connectivity index (χ4v) is 2.93. The van der Waals surface area contributed by atoms with Crippen LogP contribution < -0.4 is 10.6 Å². The maximum atomic E-state index is 12.7. The normalized spacial score (nSPS) is 15.9. The third kappa shape index (κ3) is 6.75. The van der Waals surface area contributed by atoms with Crippen molar-refractivity contribution in [1.29, 1.82) is 0 Å². The van der Waals surface area contributed by atoms with Gasteiger partial charge in [0, 0.05) is 18.8 Å². The molecule has 1 aliphatic heterocycles. The number of carbonyl (C=O) groups excluding carboxylic acids is 4. The van der Waals surface area contributed by atoms with Crippen LogP contribution in [0.25, 0.3) is 0 Å². The highest BCUT2D eigenvalue weighted by atomic mass is 16.5. The fourth-order valence-electron chi connectivity index (χ4n) is 2.93. The molecule has 1 aliphatic rings. The van der Waals surface area contributed by atoms with Gasteiger partial charge in [0.25, 0.3) is 0 Å². The van der Waals surface area contributed by atoms with E-state index < -0.39 is 18.0 Å². The minimum absolute atomic E-state index is 0.0482. The summed E-state index contributed by atoms with van der Waals surface area (Å²) in [6, 6.07) is 5.71. The molecular formula is C21H29N3O6. The van der Waals surface area contributed by atoms with Crippen LogP contribution in [0, 0.1) is 0 Å². The van der Waals surface area contributed by atoms with E-state index >= 15 is 0 Å². The molecule has 0 radical (unpaired) electrons. The molecule has 1 aromatic rings. The molecule has 30 heavy (non-hydrogen) atoms. The Hall–Kier alpha value is -3.10. The minimum Gasteiger partial charge on any atom is -0.466 e. The smallest absolute Gasteiger partial charge is 0.338 e. The van der Waals surface area contributed by atoms with Gasteiger partial charge in [-0.25, -0.2) is 4.79 Å². The largest absolute Gasteiger partial charge is 0.466 e. The second-order valence-corrected chi connectivity index (χ2v) is 6.89. The fraction of sp³-hybridized carbons (Fsp3) is 0.524. The van der Waals surface area contributed by atoms with Gasteiger partial charge in [-0.15, -0.1) is 0 Å². The summed E-state index contributed by atoms with van der Waals surface area (Å²) in [7, 11) is 0. The van der Waals surface area contributed by atoms with E-state index in [4.69, 9.17) is 9.47 Å². The van der Waals surface area contributed by atoms with Crippen molar-refractivity contribution >= 4 is 29.4 Å². The van der Waals surface area contributed by atoms with Crippen LogP contribution >= 0.6 is 0 Å². The predicted molar refractivity (Wildman–Crippen MR) is 110 cm³/mol. The van der Waals surface area contributed by atoms with Crippen molar-refractivity contribution in [2.45, 2.75) is 39.2 Å². The number of anilines is 1. The van der Waals surface area contributed by atoms with Gasteiger partial charge >= 0.3 is 11.9 Å². The van der Waals surface area contributed by atoms with Crippen molar-refractivity contribution in [1.82, 2.24) is 10.2 Å². The summed E-state index contributed by atoms with van der Waals surface area (Å²) in [4.78, 5) is 50.0. The Balaban J connectivity index is 1.92. The zero-order chi connectivity index (χ0) is 21.9. The first-order valence-electron chi connectivity index (χ1n) is 10.2. The van der Waals surface area contributed by atoms with E-state index in [9.17, 15) is 19.2 Å². The van der Waals surface area contributed by atoms with Crippen molar-refractivity contribution in [3.05, 3.63) is 29.8 Å². The first-order chi connectivity index (χ1) is 14.5. The van der Waals surface area contributed by atoms with Crippen molar-refractivity contribution in [3.63, 3.8) is 0 Å². The van der Waals surface area contributed by atoms with Gasteiger partial charge in [0.15, 0.2) is 0 Å². The van der Waals surface area contributed by atoms with Gasteiger partial charge in [-0.2, -0.15) is 0 Å². The van der Waals surface area contributed by atoms with Crippen LogP contribution in [0.3, 0.4) is 0 Å². The zero-order valence-corrected chi connectivity index (χ0v) is 17.4. The molecule has 164 valence electrons. The van der Waals surface area contributed by atoms with Gasteiger partial charge in [-0.05, 0) is 37.1 Å². The molecule has 0 spiro atoms. The molecular weight excluding hydrogens is 390 g/mol. The molecule has 1 fully saturated rings. The second kappa shape index (κ2) is 11.8. The van der Waals surface area contributed by atoms with Crippen LogP contribution in [0.4, 0.5) is 5.69 Å². The van der Waals surface area contributed by atoms with Crippen LogP contribution in [-0.4, -0.2) is 67.5 Å². The Morgan fingerprint density at radius 1 is 1.10 bits per heavy atom. The monoisotopic (exact) mass is 419 g/mol. The molecule has 1 heterocycles. The third-order valence-corrected chi connectivity index (χ3v) is 4.48. The highest BCUT2D eigenvalue weighted by Crippen LogP contribution is 2.13. The van der Waals surface area contributed by atoms with Gasteiger partial charge in [0.1, 0.15) is 6.04 Å². The van der Waals surface area contributed by atoms with Crippen LogP contribution in [0.1, 0.15) is 43.5 Å². The molecule has 1 unspecified atom stereocenters. The quantitative estimate of drug-likeness (QED) is 0.550. The van der Waals surface area contributed by atoms with Gasteiger partial charge in [0.05, 0.1) is 31.7 Å². The lowest BCUT2D eigenvalue weighted by atomic mass is 10.1. The first-order valence-corrected chi connectivity index (χ1v) is 10.2. The Labute approximate surface area is 176 Å². The summed E-state index contributed by atoms with van der Waals surface area (Å²) >= 11 is 0. The Kier molecular flexibility index (Phi) is 9.11. The number of hydrogen-bond donors (Lipinski definition) is 2. The molecule has 0 aliphatic carbocycles. The SMILES string of the molecule is CCCOC(=O)CC1C(=O)NCCN1C(=O)CNc1ccc(C(=O)OCCC)cc1. The number of piperazine rings is 1. The molecule has 1 atom stereocenters. The molecule has 1 saturated heterocycles. The standard InChI is InChI=1S/C21H29N3O6/c1-3-11-29-19(26)13-17-20(27)22-9-10-24(17)18(25)14-23-16-7-5-15(6-8-16)21(28)30-12-4-2/h5-8,17,23H,3-4,9-14H2,1-2H3,(H,22,27). The average molecular weight is 419 g/mol. The number of ether oxygens (including phenoxy) is 2. The molecule has 1 aromatic carbocycles. The summed E-state index contributed by atoms with van der Waals surface area (Å²) in [6.45, 7) is 5.05. The van der Waals surface area contributed by atoms with Crippen LogP contribution in [-0.2, 0) is 23.9 Å². The number of nitrogens with zero attached hydrogens (tertiary/aromatic N) is 1. The molecule has 2 N–H and O–H groups in total. The third-order valence-electron chi connectivity index (χ3n) is 4.48. The van der Waals surface area contributed by atoms with Crippen molar-refractivity contribution < 1.29 is 28.7 Å². The summed E-state index contributed by atoms with van der Waals surface area (Å²) in [6.07, 6.45) is 1.26. The Morgan fingerprint density at radius 3 is 2.43 bits per heavy atom. The number of rotatable bonds is 10. The van der Waals surface area contributed by atoms with Crippen molar-refractivity contribution in [2.75, 3.05) is 38.2 Å². The molecule has 9 nitrogen and oxygen atoms in total. The highest BCUT2D eigenvalue weighted by molar-refractivity contribution is 5.93. The Bertz CT molecular complexity index is 750. The van der Waals surface area contributed by atoms with E-state index in [1.165, 1.54) is 4.90 Å². The lowest BCUT2D eigenvalue weighted by Gasteiger charge is -2.34. The van der Waals surface area contributed by atoms with Crippen molar-refractivity contribution in [3.8, 4) is 0 Å². The molecule has 0 aromatic heterocycles. The highest BCUT2D eigenvalue weighted by Gasteiger charge is 2.34. The number of esters is 2. The van der Waals surface area contributed by atoms with Crippen LogP contribution in [0.2, 0.25) is 0 Å². The second-order valence-electron chi connectivity index (χ2n) is 6.89. The van der Waals surface area contributed by atoms with Gasteiger partial charge < -0.3 is 25.0 Å². The number of amides is 2. The maximum Gasteiger partial charge on any atom is 0.338 e. The number of nitrogens with one attached hydrogen (secondary N) is 2. The van der Waals surface area contributed by atoms with E-state index in [0.29, 0.717) is 37.4 Å². The van der Waals surface area contributed by atoms with Gasteiger partial charge in [0.2, 0.25) is 11.8 Å². The van der Waals surface area contributed by atoms with Crippen LogP contribution in [0.15, 0.2) is 24.3 Å². The van der Waals surface area contributed by atoms with E-state index in [1.807, 2.05) is 13.8 Å². The lowest BCUT2D eigenvalue weighted by Crippen LogP contribution is -2.58. The first kappa shape index (κ1) is 23.2. The number of hydrogen-bond acceptors (Lipinski definition) is 7. The maximum absolute atomic E-state index is 12.7. The number of benzene rings is 1. The molecule has 0 bridgehead atoms. The summed E-state index contributed by atoms with van der Waals surface area (Å²) in [5.41, 5.74) is 1.08. The zero-order valence-electron chi connectivity index (χ0n) is 17.4. The van der Waals surface area contributed by atoms with E-state index in [1.54, 1.807) is 24.3 Å². The molecule has 9 heteroatoms. The predicted octanol–water partition coefficient (Wildman–Crippen LogP) is 1.34. The van der Waals surface area contributed by atoms with E-state index in [2.05, 4.69) is 10.6 Å². The number of carbonyl (C=O) groups is 4. The summed E-state index contributed by atoms with van der Waals surface area (Å²) < 4.78 is 10.1. The van der Waals surface area contributed by atoms with Crippen LogP contribution in [0.5, 0.6) is 0 Å². The minimum atomic E-state index is -0.881. The molecule has 2 rings (SSSR count). The summed E-state index contributed by atoms with van der Waals surface area (Å²) in [5, 5.41) is 5.66. The lowest BCUT2D eigenvalue weighted by molar-refractivity contribution is -0.151. The molecule has 0 saturated carbocycles. The summed E-state index contributed by atoms with van der Waals surface area (Å²) in [5.74, 6) is -1.56. The van der Waals surface area contributed by atoms with Crippen molar-refractivity contribution in [2.24, 2.45) is 0 Å². The average Bonchev–Trinajstić information content (AvgIpc) is 2.76. The van der Waals surface area contributed by atoms with E-state index in [-0.39, 0.29) is 31.4 Å². The topological polar surface area (TPSA) is 114 Å². The molecule has 2 amide bonds. The Morgan fingerprint density at radius 2 is 1.77 bits per heavy atom. The van der Waals surface area contributed by atoms with Gasteiger partial charge in [-0.3, -0.25) is 14.4 Å². The van der Waals surface area contributed by atoms with Gasteiger partial charge in [-0.1, -0.05) is 13.8 Å².